The molecule has 0 atom stereocenters. The second kappa shape index (κ2) is 166. The van der Waals surface area contributed by atoms with Crippen molar-refractivity contribution in [2.24, 2.45) is 0 Å². The van der Waals surface area contributed by atoms with Gasteiger partial charge in [0.1, 0.15) is 0 Å². The average Bonchev–Trinajstić information content (AvgIpc) is 1.81. The number of rotatable bonds is 0. The summed E-state index contributed by atoms with van der Waals surface area (Å²) in [5.74, 6) is 0. The molecule has 41 valence electrons. The van der Waals surface area contributed by atoms with Crippen LogP contribution in [-0.4, -0.2) is 16.2 Å². The molecule has 0 radical (unpaired) electrons. The second-order valence-corrected chi connectivity index (χ2v) is 0. The van der Waals surface area contributed by atoms with Crippen molar-refractivity contribution in [1.29, 1.82) is 0 Å². The van der Waals surface area contributed by atoms with Gasteiger partial charge in [-0.05, 0) is 0 Å². The van der Waals surface area contributed by atoms with Gasteiger partial charge in [0.25, 0.3) is 0 Å². The Bertz CT molecular complexity index is 15.5. The molecule has 0 fully saturated rings. The van der Waals surface area contributed by atoms with Crippen molar-refractivity contribution in [3.8, 4) is 0 Å². The molecule has 0 saturated carbocycles. The van der Waals surface area contributed by atoms with Gasteiger partial charge >= 0.3 is 58.8 Å². The van der Waals surface area contributed by atoms with Gasteiger partial charge < -0.3 is 0 Å². The zero-order valence-corrected chi connectivity index (χ0v) is 6.02. The van der Waals surface area contributed by atoms with Crippen LogP contribution in [0.4, 0.5) is 0 Å². The van der Waals surface area contributed by atoms with E-state index in [0.717, 1.165) is 0 Å². The van der Waals surface area contributed by atoms with Crippen LogP contribution in [0.1, 0.15) is 0 Å². The molecule has 0 saturated heterocycles. The third-order valence-electron chi connectivity index (χ3n) is 0. The normalized spacial score (nSPS) is 2.33. The quantitative estimate of drug-likeness (QED) is 0.464. The van der Waals surface area contributed by atoms with Crippen LogP contribution in [0.15, 0.2) is 0 Å². The maximum absolute atomic E-state index is 8.28. The third-order valence-corrected chi connectivity index (χ3v) is 0. The van der Waals surface area contributed by atoms with E-state index >= 15 is 0 Å². The van der Waals surface area contributed by atoms with Crippen molar-refractivity contribution in [2.45, 2.75) is 0 Å². The Morgan fingerprint density at radius 1 is 1.17 bits per heavy atom. The van der Waals surface area contributed by atoms with Gasteiger partial charge in [-0.3, -0.25) is 0 Å². The Balaban J connectivity index is -0.0000000225. The predicted octanol–water partition coefficient (Wildman–Crippen LogP) is -1.01. The van der Waals surface area contributed by atoms with Crippen molar-refractivity contribution < 1.29 is 42.6 Å². The summed E-state index contributed by atoms with van der Waals surface area (Å²) >= 11 is 5.55. The predicted molar refractivity (Wildman–Crippen MR) is 9.21 cm³/mol. The van der Waals surface area contributed by atoms with Crippen LogP contribution in [0.2, 0.25) is 0 Å². The standard InChI is InChI=1S/Al.Co.Ni.3O.H. The van der Waals surface area contributed by atoms with Gasteiger partial charge in [0.05, 0.1) is 0 Å². The molecule has 0 spiro atoms. The van der Waals surface area contributed by atoms with E-state index in [0.29, 0.717) is 16.2 Å². The van der Waals surface area contributed by atoms with Crippen LogP contribution in [0.3, 0.4) is 0 Å². The van der Waals surface area contributed by atoms with Gasteiger partial charge in [-0.25, -0.2) is 0 Å². The minimum atomic E-state index is 0.611. The van der Waals surface area contributed by atoms with Crippen LogP contribution in [-0.2, 0) is 42.6 Å². The molecule has 0 unspecified atom stereocenters. The molecular formula is HAlCoNiO3. The first kappa shape index (κ1) is 15.8. The number of hydrogen-bond donors (Lipinski definition) is 0. The van der Waals surface area contributed by atoms with E-state index < -0.39 is 0 Å². The fourth-order valence-electron chi connectivity index (χ4n) is 0. The molecule has 0 aliphatic carbocycles. The number of hydrogen-bond acceptors (Lipinski definition) is 3. The van der Waals surface area contributed by atoms with Crippen LogP contribution >= 0.6 is 0 Å². The molecule has 0 rings (SSSR count). The summed E-state index contributed by atoms with van der Waals surface area (Å²) in [5.41, 5.74) is 0. The van der Waals surface area contributed by atoms with Gasteiger partial charge in [0.15, 0.2) is 0 Å². The summed E-state index contributed by atoms with van der Waals surface area (Å²) in [6.07, 6.45) is 0. The maximum atomic E-state index is 8.28. The van der Waals surface area contributed by atoms with Gasteiger partial charge in [0, 0.05) is 0 Å². The Hall–Kier alpha value is 0.932. The first-order chi connectivity index (χ1) is 3.00. The van der Waals surface area contributed by atoms with Crippen molar-refractivity contribution in [3.05, 3.63) is 0 Å². The molecule has 0 aliphatic rings. The molecule has 0 bridgehead atoms. The van der Waals surface area contributed by atoms with E-state index in [2.05, 4.69) is 31.1 Å². The topological polar surface area (TPSA) is 51.2 Å². The van der Waals surface area contributed by atoms with Crippen LogP contribution in [0, 0.1) is 0 Å². The van der Waals surface area contributed by atoms with Crippen molar-refractivity contribution >= 4 is 16.2 Å². The van der Waals surface area contributed by atoms with E-state index in [1.54, 1.807) is 0 Å². The molecule has 0 aliphatic heterocycles. The second-order valence-electron chi connectivity index (χ2n) is 0. The first-order valence-electron chi connectivity index (χ1n) is 0.554. The van der Waals surface area contributed by atoms with Crippen molar-refractivity contribution in [1.82, 2.24) is 0 Å². The molecule has 0 aromatic heterocycles. The van der Waals surface area contributed by atoms with E-state index in [1.807, 2.05) is 0 Å². The Morgan fingerprint density at radius 3 is 1.17 bits per heavy atom. The molecule has 6 heteroatoms. The van der Waals surface area contributed by atoms with Crippen molar-refractivity contribution in [3.63, 3.8) is 0 Å². The first-order valence-corrected chi connectivity index (χ1v) is 1.96. The molecule has 0 aromatic rings. The van der Waals surface area contributed by atoms with Crippen molar-refractivity contribution in [2.75, 3.05) is 0 Å². The van der Waals surface area contributed by atoms with E-state index in [4.69, 9.17) is 11.6 Å². The van der Waals surface area contributed by atoms with E-state index in [-0.39, 0.29) is 0 Å². The van der Waals surface area contributed by atoms with Gasteiger partial charge in [-0.2, -0.15) is 0 Å². The monoisotopic (exact) mass is 193 g/mol. The van der Waals surface area contributed by atoms with Crippen LogP contribution in [0.25, 0.3) is 0 Å². The minimum absolute atomic E-state index is 0.611. The van der Waals surface area contributed by atoms with Crippen LogP contribution in [0.5, 0.6) is 0 Å². The molecule has 0 amide bonds. The zero-order valence-electron chi connectivity index (χ0n) is 2.58. The average molecular weight is 194 g/mol. The molecule has 6 heavy (non-hydrogen) atoms. The molecular weight excluding hydrogens is 193 g/mol. The zero-order chi connectivity index (χ0) is 6.00. The third kappa shape index (κ3) is 87.7. The summed E-state index contributed by atoms with van der Waals surface area (Å²) < 4.78 is 24.1. The Labute approximate surface area is 58.8 Å². The fourth-order valence-corrected chi connectivity index (χ4v) is 0. The van der Waals surface area contributed by atoms with E-state index in [1.165, 1.54) is 0 Å². The van der Waals surface area contributed by atoms with Crippen LogP contribution < -0.4 is 0 Å². The van der Waals surface area contributed by atoms with Gasteiger partial charge in [-0.15, -0.1) is 0 Å². The summed E-state index contributed by atoms with van der Waals surface area (Å²) in [6.45, 7) is 0. The molecule has 3 nitrogen and oxygen atoms in total. The fraction of sp³-hybridized carbons (Fsp3) is 0. The summed E-state index contributed by atoms with van der Waals surface area (Å²) in [5, 5.41) is 0. The summed E-state index contributed by atoms with van der Waals surface area (Å²) in [7, 11) is 0. The molecule has 0 N–H and O–H groups in total. The molecule has 0 aromatic carbocycles. The summed E-state index contributed by atoms with van der Waals surface area (Å²) in [4.78, 5) is 0. The Kier molecular flexibility index (Phi) is 436. The van der Waals surface area contributed by atoms with Gasteiger partial charge in [-0.1, -0.05) is 0 Å². The SMILES string of the molecule is [O]=[AlH].[O]=[Co].[O]=[Ni]. The van der Waals surface area contributed by atoms with Gasteiger partial charge in [0.2, 0.25) is 0 Å². The summed E-state index contributed by atoms with van der Waals surface area (Å²) in [6, 6.07) is 0. The van der Waals surface area contributed by atoms with E-state index in [9.17, 15) is 0 Å². The molecule has 0 heterocycles. The Morgan fingerprint density at radius 2 is 1.17 bits per heavy atom.